The van der Waals surface area contributed by atoms with Gasteiger partial charge in [-0.2, -0.15) is 13.2 Å². The molecular formula is C10H4Cl2F4O2. The molecule has 0 aliphatic carbocycles. The second kappa shape index (κ2) is 5.24. The van der Waals surface area contributed by atoms with E-state index in [-0.39, 0.29) is 10.0 Å². The van der Waals surface area contributed by atoms with Crippen LogP contribution in [-0.4, -0.2) is 17.7 Å². The maximum absolute atomic E-state index is 13.0. The minimum atomic E-state index is -5.12. The number of Topliss-reactive ketones (excluding diaryl/α,β-unsaturated/α-hetero) is 2. The van der Waals surface area contributed by atoms with Crippen molar-refractivity contribution in [1.29, 1.82) is 0 Å². The Hall–Kier alpha value is -1.14. The van der Waals surface area contributed by atoms with Gasteiger partial charge in [-0.15, -0.1) is 0 Å². The van der Waals surface area contributed by atoms with E-state index in [2.05, 4.69) is 0 Å². The van der Waals surface area contributed by atoms with Crippen molar-refractivity contribution in [2.24, 2.45) is 0 Å². The fraction of sp³-hybridized carbons (Fsp3) is 0.200. The van der Waals surface area contributed by atoms with Gasteiger partial charge in [-0.1, -0.05) is 23.2 Å². The number of carbonyl (C=O) groups is 2. The Labute approximate surface area is 108 Å². The van der Waals surface area contributed by atoms with Crippen molar-refractivity contribution in [1.82, 2.24) is 0 Å². The summed E-state index contributed by atoms with van der Waals surface area (Å²) in [6, 6.07) is 1.47. The van der Waals surface area contributed by atoms with Crippen LogP contribution in [0.5, 0.6) is 0 Å². The lowest BCUT2D eigenvalue weighted by molar-refractivity contribution is -0.170. The molecule has 0 spiro atoms. The maximum atomic E-state index is 13.0. The zero-order valence-corrected chi connectivity index (χ0v) is 9.96. The monoisotopic (exact) mass is 302 g/mol. The van der Waals surface area contributed by atoms with Crippen molar-refractivity contribution < 1.29 is 27.2 Å². The standard InChI is InChI=1S/C10H4Cl2F4O2/c11-5-2-6(12)7(13)1-4(5)8(17)3-9(18)10(14,15)16/h1-2H,3H2. The van der Waals surface area contributed by atoms with Gasteiger partial charge in [0.25, 0.3) is 0 Å². The zero-order valence-electron chi connectivity index (χ0n) is 8.45. The molecule has 0 saturated heterocycles. The lowest BCUT2D eigenvalue weighted by Crippen LogP contribution is -2.25. The van der Waals surface area contributed by atoms with Gasteiger partial charge in [-0.05, 0) is 12.1 Å². The van der Waals surface area contributed by atoms with Crippen LogP contribution in [0.3, 0.4) is 0 Å². The molecule has 0 aromatic heterocycles. The van der Waals surface area contributed by atoms with Crippen LogP contribution in [0.25, 0.3) is 0 Å². The Morgan fingerprint density at radius 2 is 1.67 bits per heavy atom. The highest BCUT2D eigenvalue weighted by atomic mass is 35.5. The van der Waals surface area contributed by atoms with Gasteiger partial charge >= 0.3 is 6.18 Å². The highest BCUT2D eigenvalue weighted by molar-refractivity contribution is 6.37. The molecule has 98 valence electrons. The van der Waals surface area contributed by atoms with E-state index < -0.39 is 35.5 Å². The molecule has 0 fully saturated rings. The Morgan fingerprint density at radius 1 is 1.11 bits per heavy atom. The molecule has 0 unspecified atom stereocenters. The first-order valence-electron chi connectivity index (χ1n) is 4.40. The van der Waals surface area contributed by atoms with E-state index in [4.69, 9.17) is 23.2 Å². The van der Waals surface area contributed by atoms with Crippen LogP contribution in [0.4, 0.5) is 17.6 Å². The first-order valence-corrected chi connectivity index (χ1v) is 5.16. The van der Waals surface area contributed by atoms with E-state index in [9.17, 15) is 27.2 Å². The first kappa shape index (κ1) is 14.9. The van der Waals surface area contributed by atoms with Gasteiger partial charge in [0.2, 0.25) is 5.78 Å². The summed E-state index contributed by atoms with van der Waals surface area (Å²) in [7, 11) is 0. The summed E-state index contributed by atoms with van der Waals surface area (Å²) in [5, 5.41) is -0.694. The Morgan fingerprint density at radius 3 is 2.17 bits per heavy atom. The van der Waals surface area contributed by atoms with Crippen molar-refractivity contribution in [2.75, 3.05) is 0 Å². The molecule has 0 amide bonds. The number of benzene rings is 1. The molecule has 0 heterocycles. The minimum absolute atomic E-state index is 0.318. The largest absolute Gasteiger partial charge is 0.450 e. The summed E-state index contributed by atoms with van der Waals surface area (Å²) < 4.78 is 48.9. The van der Waals surface area contributed by atoms with Crippen LogP contribution < -0.4 is 0 Å². The van der Waals surface area contributed by atoms with Gasteiger partial charge in [0.05, 0.1) is 16.5 Å². The fourth-order valence-electron chi connectivity index (χ4n) is 1.08. The molecule has 8 heteroatoms. The maximum Gasteiger partial charge on any atom is 0.450 e. The minimum Gasteiger partial charge on any atom is -0.294 e. The lowest BCUT2D eigenvalue weighted by atomic mass is 10.1. The van der Waals surface area contributed by atoms with Crippen LogP contribution >= 0.6 is 23.2 Å². The third kappa shape index (κ3) is 3.43. The SMILES string of the molecule is O=C(CC(=O)C(F)(F)F)c1cc(F)c(Cl)cc1Cl. The van der Waals surface area contributed by atoms with Crippen LogP contribution in [0.2, 0.25) is 10.0 Å². The van der Waals surface area contributed by atoms with E-state index in [0.29, 0.717) is 6.07 Å². The molecule has 0 aliphatic rings. The van der Waals surface area contributed by atoms with E-state index >= 15 is 0 Å². The second-order valence-electron chi connectivity index (χ2n) is 3.27. The van der Waals surface area contributed by atoms with Crippen LogP contribution in [0.15, 0.2) is 12.1 Å². The number of halogens is 6. The molecule has 0 atom stereocenters. The van der Waals surface area contributed by atoms with Gasteiger partial charge in [0.15, 0.2) is 5.78 Å². The third-order valence-electron chi connectivity index (χ3n) is 1.95. The van der Waals surface area contributed by atoms with Crippen LogP contribution in [0.1, 0.15) is 16.8 Å². The van der Waals surface area contributed by atoms with Crippen LogP contribution in [-0.2, 0) is 4.79 Å². The summed E-state index contributed by atoms with van der Waals surface area (Å²) in [5.41, 5.74) is -0.517. The average molecular weight is 303 g/mol. The molecule has 0 saturated carbocycles. The number of carbonyl (C=O) groups excluding carboxylic acids is 2. The number of hydrogen-bond acceptors (Lipinski definition) is 2. The lowest BCUT2D eigenvalue weighted by Gasteiger charge is -2.06. The molecule has 2 nitrogen and oxygen atoms in total. The van der Waals surface area contributed by atoms with Crippen molar-refractivity contribution in [3.8, 4) is 0 Å². The van der Waals surface area contributed by atoms with E-state index in [0.717, 1.165) is 6.07 Å². The highest BCUT2D eigenvalue weighted by Gasteiger charge is 2.39. The van der Waals surface area contributed by atoms with Gasteiger partial charge in [0, 0.05) is 5.56 Å². The first-order chi connectivity index (χ1) is 8.12. The molecule has 1 aromatic rings. The normalized spacial score (nSPS) is 11.4. The molecule has 0 bridgehead atoms. The van der Waals surface area contributed by atoms with Crippen molar-refractivity contribution in [3.63, 3.8) is 0 Å². The van der Waals surface area contributed by atoms with Gasteiger partial charge in [0.1, 0.15) is 5.82 Å². The van der Waals surface area contributed by atoms with E-state index in [1.54, 1.807) is 0 Å². The van der Waals surface area contributed by atoms with Gasteiger partial charge < -0.3 is 0 Å². The topological polar surface area (TPSA) is 34.1 Å². The average Bonchev–Trinajstić information content (AvgIpc) is 2.21. The second-order valence-corrected chi connectivity index (χ2v) is 4.08. The van der Waals surface area contributed by atoms with E-state index in [1.807, 2.05) is 0 Å². The summed E-state index contributed by atoms with van der Waals surface area (Å²) in [4.78, 5) is 22.0. The Bertz CT molecular complexity index is 511. The quantitative estimate of drug-likeness (QED) is 0.368. The molecule has 1 aromatic carbocycles. The van der Waals surface area contributed by atoms with E-state index in [1.165, 1.54) is 0 Å². The molecule has 18 heavy (non-hydrogen) atoms. The number of alkyl halides is 3. The molecule has 0 aliphatic heterocycles. The van der Waals surface area contributed by atoms with Crippen molar-refractivity contribution in [2.45, 2.75) is 12.6 Å². The van der Waals surface area contributed by atoms with Crippen molar-refractivity contribution in [3.05, 3.63) is 33.6 Å². The number of ketones is 2. The zero-order chi connectivity index (χ0) is 14.1. The van der Waals surface area contributed by atoms with Crippen molar-refractivity contribution >= 4 is 34.8 Å². The summed E-state index contributed by atoms with van der Waals surface area (Å²) in [5.74, 6) is -4.46. The summed E-state index contributed by atoms with van der Waals surface area (Å²) in [6.07, 6.45) is -6.54. The number of rotatable bonds is 3. The fourth-order valence-corrected chi connectivity index (χ4v) is 1.57. The predicted molar refractivity (Wildman–Crippen MR) is 56.4 cm³/mol. The molecule has 1 rings (SSSR count). The third-order valence-corrected chi connectivity index (χ3v) is 2.55. The predicted octanol–water partition coefficient (Wildman–Crippen LogP) is 3.84. The Balaban J connectivity index is 2.99. The van der Waals surface area contributed by atoms with Gasteiger partial charge in [-0.25, -0.2) is 4.39 Å². The smallest absolute Gasteiger partial charge is 0.294 e. The molecule has 0 radical (unpaired) electrons. The Kier molecular flexibility index (Phi) is 4.34. The number of hydrogen-bond donors (Lipinski definition) is 0. The molecule has 0 N–H and O–H groups in total. The molecular weight excluding hydrogens is 299 g/mol. The highest BCUT2D eigenvalue weighted by Crippen LogP contribution is 2.26. The summed E-state index contributed by atoms with van der Waals surface area (Å²) >= 11 is 10.9. The van der Waals surface area contributed by atoms with Crippen LogP contribution in [0, 0.1) is 5.82 Å². The summed E-state index contributed by atoms with van der Waals surface area (Å²) in [6.45, 7) is 0. The van der Waals surface area contributed by atoms with Gasteiger partial charge in [-0.3, -0.25) is 9.59 Å².